The number of allylic oxidation sites excluding steroid dienone is 2. The second-order valence-electron chi connectivity index (χ2n) is 7.14. The van der Waals surface area contributed by atoms with Gasteiger partial charge in [-0.3, -0.25) is 4.79 Å². The predicted octanol–water partition coefficient (Wildman–Crippen LogP) is 3.36. The van der Waals surface area contributed by atoms with Crippen LogP contribution in [-0.4, -0.2) is 38.1 Å². The molecule has 9 heteroatoms. The zero-order chi connectivity index (χ0) is 21.2. The lowest BCUT2D eigenvalue weighted by atomic mass is 9.93. The SMILES string of the molecule is CC(C)(C)OC(=O)COC1=CC(=NS(=O)(=O)c2cccs2)c2ccccc2C1=O. The Labute approximate surface area is 172 Å². The molecule has 152 valence electrons. The number of thiophene rings is 1. The molecule has 1 aromatic carbocycles. The highest BCUT2D eigenvalue weighted by Gasteiger charge is 2.28. The van der Waals surface area contributed by atoms with Crippen LogP contribution in [0.1, 0.15) is 36.7 Å². The first-order chi connectivity index (χ1) is 13.6. The summed E-state index contributed by atoms with van der Waals surface area (Å²) in [5, 5.41) is 1.64. The number of ketones is 1. The molecule has 0 unspecified atom stereocenters. The summed E-state index contributed by atoms with van der Waals surface area (Å²) in [5.74, 6) is -1.28. The second-order valence-corrected chi connectivity index (χ2v) is 9.92. The number of hydrogen-bond acceptors (Lipinski definition) is 7. The van der Waals surface area contributed by atoms with Gasteiger partial charge in [0.25, 0.3) is 10.0 Å². The fraction of sp³-hybridized carbons (Fsp3) is 0.250. The maximum atomic E-state index is 12.7. The van der Waals surface area contributed by atoms with Crippen molar-refractivity contribution in [1.82, 2.24) is 0 Å². The van der Waals surface area contributed by atoms with Crippen molar-refractivity contribution in [3.8, 4) is 0 Å². The monoisotopic (exact) mass is 433 g/mol. The van der Waals surface area contributed by atoms with Crippen LogP contribution in [0, 0.1) is 0 Å². The quantitative estimate of drug-likeness (QED) is 0.671. The van der Waals surface area contributed by atoms with Crippen molar-refractivity contribution in [3.63, 3.8) is 0 Å². The van der Waals surface area contributed by atoms with Gasteiger partial charge in [-0.15, -0.1) is 11.3 Å². The molecule has 0 atom stereocenters. The molecule has 0 saturated heterocycles. The molecule has 0 radical (unpaired) electrons. The molecular weight excluding hydrogens is 414 g/mol. The van der Waals surface area contributed by atoms with Gasteiger partial charge in [-0.1, -0.05) is 30.3 Å². The Bertz CT molecular complexity index is 1110. The Kier molecular flexibility index (Phi) is 5.72. The number of carbonyl (C=O) groups excluding carboxylic acids is 2. The highest BCUT2D eigenvalue weighted by Crippen LogP contribution is 2.25. The number of Topliss-reactive ketones (excluding diaryl/α,β-unsaturated/α-hetero) is 1. The van der Waals surface area contributed by atoms with Gasteiger partial charge in [-0.2, -0.15) is 12.8 Å². The lowest BCUT2D eigenvalue weighted by Gasteiger charge is -2.21. The third-order valence-electron chi connectivity index (χ3n) is 3.67. The van der Waals surface area contributed by atoms with E-state index in [1.807, 2.05) is 0 Å². The Morgan fingerprint density at radius 2 is 1.79 bits per heavy atom. The van der Waals surface area contributed by atoms with Gasteiger partial charge in [-0.05, 0) is 32.2 Å². The summed E-state index contributed by atoms with van der Waals surface area (Å²) in [6.07, 6.45) is 1.24. The standard InChI is InChI=1S/C20H19NO6S2/c1-20(2,3)27-17(22)12-26-16-11-15(13-7-4-5-8-14(13)19(16)23)21-29(24,25)18-9-6-10-28-18/h4-11H,12H2,1-3H3. The van der Waals surface area contributed by atoms with E-state index < -0.39 is 34.0 Å². The fourth-order valence-electron chi connectivity index (χ4n) is 2.58. The summed E-state index contributed by atoms with van der Waals surface area (Å²) in [6, 6.07) is 9.56. The first-order valence-corrected chi connectivity index (χ1v) is 11.0. The number of sulfonamides is 1. The average Bonchev–Trinajstić information content (AvgIpc) is 3.17. The van der Waals surface area contributed by atoms with Crippen LogP contribution in [0.3, 0.4) is 0 Å². The van der Waals surface area contributed by atoms with E-state index in [-0.39, 0.29) is 21.2 Å². The maximum Gasteiger partial charge on any atom is 0.344 e. The molecule has 0 spiro atoms. The van der Waals surface area contributed by atoms with Crippen molar-refractivity contribution >= 4 is 38.8 Å². The van der Waals surface area contributed by atoms with Gasteiger partial charge >= 0.3 is 5.97 Å². The molecule has 0 N–H and O–H groups in total. The van der Waals surface area contributed by atoms with Crippen LogP contribution in [0.2, 0.25) is 0 Å². The summed E-state index contributed by atoms with van der Waals surface area (Å²) in [4.78, 5) is 24.6. The van der Waals surface area contributed by atoms with Gasteiger partial charge in [-0.25, -0.2) is 4.79 Å². The molecule has 0 aliphatic heterocycles. The van der Waals surface area contributed by atoms with Crippen LogP contribution < -0.4 is 0 Å². The molecule has 29 heavy (non-hydrogen) atoms. The number of rotatable bonds is 5. The van der Waals surface area contributed by atoms with Gasteiger partial charge in [0.15, 0.2) is 12.4 Å². The van der Waals surface area contributed by atoms with E-state index in [1.54, 1.807) is 56.5 Å². The van der Waals surface area contributed by atoms with E-state index in [9.17, 15) is 18.0 Å². The Morgan fingerprint density at radius 1 is 1.10 bits per heavy atom. The van der Waals surface area contributed by atoms with E-state index in [4.69, 9.17) is 9.47 Å². The number of ether oxygens (including phenoxy) is 2. The summed E-state index contributed by atoms with van der Waals surface area (Å²) in [5.41, 5.74) is -0.0104. The minimum Gasteiger partial charge on any atom is -0.478 e. The van der Waals surface area contributed by atoms with Crippen molar-refractivity contribution in [2.24, 2.45) is 4.40 Å². The molecule has 1 heterocycles. The smallest absolute Gasteiger partial charge is 0.344 e. The first-order valence-electron chi connectivity index (χ1n) is 8.66. The van der Waals surface area contributed by atoms with Crippen molar-refractivity contribution in [2.75, 3.05) is 6.61 Å². The van der Waals surface area contributed by atoms with Crippen LogP contribution in [-0.2, 0) is 24.3 Å². The van der Waals surface area contributed by atoms with E-state index in [0.29, 0.717) is 5.56 Å². The lowest BCUT2D eigenvalue weighted by Crippen LogP contribution is -2.28. The highest BCUT2D eigenvalue weighted by atomic mass is 32.2. The van der Waals surface area contributed by atoms with E-state index in [0.717, 1.165) is 11.3 Å². The molecule has 7 nitrogen and oxygen atoms in total. The number of nitrogens with zero attached hydrogens (tertiary/aromatic N) is 1. The topological polar surface area (TPSA) is 99.1 Å². The van der Waals surface area contributed by atoms with Crippen LogP contribution in [0.15, 0.2) is 62.2 Å². The summed E-state index contributed by atoms with van der Waals surface area (Å²) >= 11 is 1.05. The van der Waals surface area contributed by atoms with Gasteiger partial charge in [0.2, 0.25) is 5.78 Å². The summed E-state index contributed by atoms with van der Waals surface area (Å²) < 4.78 is 39.7. The number of benzene rings is 1. The van der Waals surface area contributed by atoms with Crippen LogP contribution in [0.4, 0.5) is 0 Å². The third kappa shape index (κ3) is 4.99. The Hall–Kier alpha value is -2.78. The van der Waals surface area contributed by atoms with Gasteiger partial charge in [0.05, 0.1) is 5.71 Å². The molecule has 1 aliphatic rings. The number of hydrogen-bond donors (Lipinski definition) is 0. The molecule has 0 bridgehead atoms. The maximum absolute atomic E-state index is 12.7. The first kappa shape index (κ1) is 20.9. The number of fused-ring (bicyclic) bond motifs is 1. The zero-order valence-corrected chi connectivity index (χ0v) is 17.7. The molecule has 0 saturated carbocycles. The van der Waals surface area contributed by atoms with Crippen molar-refractivity contribution < 1.29 is 27.5 Å². The van der Waals surface area contributed by atoms with Gasteiger partial charge in [0.1, 0.15) is 9.81 Å². The predicted molar refractivity (Wildman–Crippen MR) is 109 cm³/mol. The molecular formula is C20H19NO6S2. The molecule has 1 aromatic heterocycles. The molecule has 0 amide bonds. The van der Waals surface area contributed by atoms with Gasteiger partial charge < -0.3 is 9.47 Å². The second kappa shape index (κ2) is 7.92. The van der Waals surface area contributed by atoms with Crippen molar-refractivity contribution in [1.29, 1.82) is 0 Å². The molecule has 2 aromatic rings. The van der Waals surface area contributed by atoms with Crippen LogP contribution in [0.25, 0.3) is 0 Å². The average molecular weight is 434 g/mol. The normalized spacial score (nSPS) is 15.6. The lowest BCUT2D eigenvalue weighted by molar-refractivity contribution is -0.158. The van der Waals surface area contributed by atoms with Crippen LogP contribution >= 0.6 is 11.3 Å². The number of carbonyl (C=O) groups is 2. The molecule has 0 fully saturated rings. The minimum absolute atomic E-state index is 0.0628. The van der Waals surface area contributed by atoms with Crippen molar-refractivity contribution in [2.45, 2.75) is 30.6 Å². The van der Waals surface area contributed by atoms with E-state index >= 15 is 0 Å². The van der Waals surface area contributed by atoms with Gasteiger partial charge in [0, 0.05) is 17.2 Å². The molecule has 3 rings (SSSR count). The molecule has 1 aliphatic carbocycles. The Morgan fingerprint density at radius 3 is 2.41 bits per heavy atom. The largest absolute Gasteiger partial charge is 0.478 e. The highest BCUT2D eigenvalue weighted by molar-refractivity contribution is 7.92. The van der Waals surface area contributed by atoms with Crippen molar-refractivity contribution in [3.05, 3.63) is 64.7 Å². The minimum atomic E-state index is -3.95. The number of esters is 1. The summed E-state index contributed by atoms with van der Waals surface area (Å²) in [7, 11) is -3.95. The summed E-state index contributed by atoms with van der Waals surface area (Å²) in [6.45, 7) is 4.66. The van der Waals surface area contributed by atoms with Crippen LogP contribution in [0.5, 0.6) is 0 Å². The third-order valence-corrected chi connectivity index (χ3v) is 6.34. The zero-order valence-electron chi connectivity index (χ0n) is 16.0. The van der Waals surface area contributed by atoms with E-state index in [1.165, 1.54) is 12.1 Å². The Balaban J connectivity index is 1.95. The van der Waals surface area contributed by atoms with E-state index in [2.05, 4.69) is 4.40 Å². The fourth-order valence-corrected chi connectivity index (χ4v) is 4.54.